The largest absolute Gasteiger partial charge is 0.492 e. The van der Waals surface area contributed by atoms with Crippen LogP contribution in [0.1, 0.15) is 6.92 Å². The fourth-order valence-corrected chi connectivity index (χ4v) is 6.27. The molecule has 2 aliphatic rings. The van der Waals surface area contributed by atoms with Gasteiger partial charge in [-0.1, -0.05) is 18.2 Å². The van der Waals surface area contributed by atoms with E-state index in [4.69, 9.17) is 14.7 Å². The maximum absolute atomic E-state index is 12.7. The van der Waals surface area contributed by atoms with E-state index in [-0.39, 0.29) is 24.8 Å². The molecule has 2 aliphatic heterocycles. The van der Waals surface area contributed by atoms with Crippen molar-refractivity contribution in [2.45, 2.75) is 6.92 Å². The summed E-state index contributed by atoms with van der Waals surface area (Å²) in [4.78, 5) is 41.2. The Labute approximate surface area is 258 Å². The summed E-state index contributed by atoms with van der Waals surface area (Å²) >= 11 is 3.03. The van der Waals surface area contributed by atoms with Gasteiger partial charge >= 0.3 is 0 Å². The van der Waals surface area contributed by atoms with Gasteiger partial charge in [0.15, 0.2) is 11.6 Å². The highest BCUT2D eigenvalue weighted by Crippen LogP contribution is 2.40. The van der Waals surface area contributed by atoms with E-state index < -0.39 is 11.8 Å². The number of fused-ring (bicyclic) bond motifs is 1. The zero-order valence-corrected chi connectivity index (χ0v) is 25.8. The molecule has 4 aromatic rings. The molecule has 1 fully saturated rings. The van der Waals surface area contributed by atoms with Gasteiger partial charge in [0.05, 0.1) is 10.3 Å². The van der Waals surface area contributed by atoms with Crippen molar-refractivity contribution >= 4 is 75.3 Å². The first-order valence-corrected chi connectivity index (χ1v) is 14.5. The lowest BCUT2D eigenvalue weighted by Crippen LogP contribution is -2.45. The molecule has 0 unspecified atom stereocenters. The number of carbonyl (C=O) groups is 2. The number of aromatic nitrogens is 2. The molecular formula is C28H30Cl2N6O3S2. The van der Waals surface area contributed by atoms with Crippen LogP contribution in [0.2, 0.25) is 0 Å². The van der Waals surface area contributed by atoms with Gasteiger partial charge in [-0.2, -0.15) is 5.01 Å². The molecule has 13 heteroatoms. The first kappa shape index (κ1) is 30.9. The first-order chi connectivity index (χ1) is 19.0. The second kappa shape index (κ2) is 13.3. The van der Waals surface area contributed by atoms with E-state index in [9.17, 15) is 9.59 Å². The predicted octanol–water partition coefficient (Wildman–Crippen LogP) is 5.20. The number of likely N-dealkylation sites (N-methyl/N-ethyl adjacent to an activating group) is 1. The third kappa shape index (κ3) is 6.56. The molecule has 3 aromatic heterocycles. The number of hydrogen-bond donors (Lipinski definition) is 1. The van der Waals surface area contributed by atoms with Crippen LogP contribution in [-0.4, -0.2) is 83.0 Å². The van der Waals surface area contributed by atoms with Gasteiger partial charge in [-0.15, -0.1) is 47.5 Å². The Balaban J connectivity index is 0.00000194. The van der Waals surface area contributed by atoms with Gasteiger partial charge in [-0.25, -0.2) is 9.97 Å². The number of imide groups is 1. The number of benzene rings is 1. The van der Waals surface area contributed by atoms with Gasteiger partial charge in [0.1, 0.15) is 17.2 Å². The van der Waals surface area contributed by atoms with Gasteiger partial charge in [0.25, 0.3) is 11.8 Å². The van der Waals surface area contributed by atoms with E-state index in [1.807, 2.05) is 47.2 Å². The van der Waals surface area contributed by atoms with E-state index >= 15 is 0 Å². The normalized spacial score (nSPS) is 16.0. The zero-order chi connectivity index (χ0) is 26.9. The Bertz CT molecular complexity index is 1570. The molecule has 1 saturated heterocycles. The number of halogens is 2. The van der Waals surface area contributed by atoms with Crippen LogP contribution in [0.25, 0.3) is 32.0 Å². The Kier molecular flexibility index (Phi) is 10.0. The number of amides is 2. The lowest BCUT2D eigenvalue weighted by atomic mass is 10.1. The van der Waals surface area contributed by atoms with Crippen LogP contribution in [0.3, 0.4) is 0 Å². The number of anilines is 1. The molecule has 1 aromatic carbocycles. The van der Waals surface area contributed by atoms with Crippen LogP contribution >= 0.6 is 47.5 Å². The van der Waals surface area contributed by atoms with Crippen LogP contribution in [0, 0.1) is 0 Å². The highest BCUT2D eigenvalue weighted by Gasteiger charge is 2.30. The Morgan fingerprint density at radius 1 is 1.02 bits per heavy atom. The maximum atomic E-state index is 12.7. The average molecular weight is 634 g/mol. The van der Waals surface area contributed by atoms with E-state index in [1.165, 1.54) is 28.7 Å². The molecule has 0 spiro atoms. The summed E-state index contributed by atoms with van der Waals surface area (Å²) in [6.07, 6.45) is 1.32. The summed E-state index contributed by atoms with van der Waals surface area (Å²) in [6.45, 7) is 7.40. The Morgan fingerprint density at radius 2 is 1.83 bits per heavy atom. The quantitative estimate of drug-likeness (QED) is 0.265. The van der Waals surface area contributed by atoms with Crippen LogP contribution in [0.15, 0.2) is 58.8 Å². The SMILES string of the molecule is CC1=CC(=O)N(Nc2nc(-c3cccs3)nc3scc(-c4cccc(OCCN5CCN(C)CC5)c4)c23)C1=O.Cl.Cl. The van der Waals surface area contributed by atoms with Crippen LogP contribution in [-0.2, 0) is 9.59 Å². The maximum Gasteiger partial charge on any atom is 0.275 e. The number of ether oxygens (including phenoxy) is 1. The standard InChI is InChI=1S/C28H28N6O3S2.2ClH/c1-18-15-23(35)34(28(18)36)31-26-24-21(17-39-27(24)30-25(29-26)22-7-4-14-38-22)19-5-3-6-20(16-19)37-13-12-33-10-8-32(2)9-11-33;;/h3-7,14-17H,8-13H2,1-2H3,(H,29,30,31);2*1H. The number of nitrogens with one attached hydrogen (secondary N) is 1. The van der Waals surface area contributed by atoms with Gasteiger partial charge in [-0.05, 0) is 43.1 Å². The molecule has 0 atom stereocenters. The first-order valence-electron chi connectivity index (χ1n) is 12.8. The summed E-state index contributed by atoms with van der Waals surface area (Å²) < 4.78 is 6.13. The zero-order valence-electron chi connectivity index (χ0n) is 22.5. The van der Waals surface area contributed by atoms with Gasteiger partial charge in [0, 0.05) is 55.3 Å². The van der Waals surface area contributed by atoms with Crippen molar-refractivity contribution in [3.8, 4) is 27.6 Å². The summed E-state index contributed by atoms with van der Waals surface area (Å²) in [5.41, 5.74) is 5.23. The number of thiophene rings is 2. The van der Waals surface area contributed by atoms with Crippen molar-refractivity contribution in [1.29, 1.82) is 0 Å². The third-order valence-electron chi connectivity index (χ3n) is 6.91. The molecule has 0 saturated carbocycles. The molecular weight excluding hydrogens is 603 g/mol. The van der Waals surface area contributed by atoms with Gasteiger partial charge in [-0.3, -0.25) is 19.9 Å². The molecule has 0 bridgehead atoms. The molecule has 0 aliphatic carbocycles. The van der Waals surface area contributed by atoms with Crippen LogP contribution in [0.4, 0.5) is 5.82 Å². The minimum atomic E-state index is -0.422. The van der Waals surface area contributed by atoms with Gasteiger partial charge in [0.2, 0.25) is 0 Å². The lowest BCUT2D eigenvalue weighted by Gasteiger charge is -2.32. The number of carbonyl (C=O) groups excluding carboxylic acids is 2. The molecule has 1 N–H and O–H groups in total. The Morgan fingerprint density at radius 3 is 2.54 bits per heavy atom. The van der Waals surface area contributed by atoms with Crippen molar-refractivity contribution < 1.29 is 14.3 Å². The minimum Gasteiger partial charge on any atom is -0.492 e. The van der Waals surface area contributed by atoms with Crippen molar-refractivity contribution in [3.05, 3.63) is 58.8 Å². The molecule has 41 heavy (non-hydrogen) atoms. The lowest BCUT2D eigenvalue weighted by molar-refractivity contribution is -0.135. The fraction of sp³-hybridized carbons (Fsp3) is 0.286. The summed E-state index contributed by atoms with van der Waals surface area (Å²) in [5, 5.41) is 5.75. The van der Waals surface area contributed by atoms with Crippen LogP contribution in [0.5, 0.6) is 5.75 Å². The van der Waals surface area contributed by atoms with Crippen LogP contribution < -0.4 is 10.2 Å². The average Bonchev–Trinajstić information content (AvgIpc) is 3.67. The minimum absolute atomic E-state index is 0. The predicted molar refractivity (Wildman–Crippen MR) is 169 cm³/mol. The molecule has 2 amide bonds. The molecule has 0 radical (unpaired) electrons. The number of rotatable bonds is 8. The summed E-state index contributed by atoms with van der Waals surface area (Å²) in [5.74, 6) is 0.923. The number of hydrogen-bond acceptors (Lipinski definition) is 10. The third-order valence-corrected chi connectivity index (χ3v) is 8.65. The van der Waals surface area contributed by atoms with Crippen molar-refractivity contribution in [2.75, 3.05) is 51.8 Å². The van der Waals surface area contributed by atoms with Gasteiger partial charge < -0.3 is 9.64 Å². The molecule has 216 valence electrons. The van der Waals surface area contributed by atoms with E-state index in [1.54, 1.807) is 6.92 Å². The molecule has 9 nitrogen and oxygen atoms in total. The Hall–Kier alpha value is -3.06. The highest BCUT2D eigenvalue weighted by atomic mass is 35.5. The number of hydrazine groups is 1. The van der Waals surface area contributed by atoms with E-state index in [0.717, 1.165) is 69.7 Å². The fourth-order valence-electron chi connectivity index (χ4n) is 4.67. The number of nitrogens with zero attached hydrogens (tertiary/aromatic N) is 5. The van der Waals surface area contributed by atoms with E-state index in [0.29, 0.717) is 23.8 Å². The molecule has 5 heterocycles. The second-order valence-corrected chi connectivity index (χ2v) is 11.4. The summed E-state index contributed by atoms with van der Waals surface area (Å²) in [7, 11) is 2.15. The highest BCUT2D eigenvalue weighted by molar-refractivity contribution is 7.17. The van der Waals surface area contributed by atoms with E-state index in [2.05, 4.69) is 22.3 Å². The van der Waals surface area contributed by atoms with Crippen molar-refractivity contribution in [1.82, 2.24) is 24.8 Å². The molecule has 6 rings (SSSR count). The number of piperazine rings is 1. The monoisotopic (exact) mass is 632 g/mol. The second-order valence-electron chi connectivity index (χ2n) is 9.64. The summed E-state index contributed by atoms with van der Waals surface area (Å²) in [6, 6.07) is 11.9. The van der Waals surface area contributed by atoms with Crippen molar-refractivity contribution in [3.63, 3.8) is 0 Å². The van der Waals surface area contributed by atoms with Crippen molar-refractivity contribution in [2.24, 2.45) is 0 Å². The smallest absolute Gasteiger partial charge is 0.275 e. The topological polar surface area (TPSA) is 90.9 Å².